The number of thiazole rings is 1. The molecule has 3 aromatic rings. The van der Waals surface area contributed by atoms with Gasteiger partial charge in [0.05, 0.1) is 28.3 Å². The van der Waals surface area contributed by atoms with Crippen molar-refractivity contribution >= 4 is 34.1 Å². The number of nitrogens with two attached hydrogens (primary N) is 1. The van der Waals surface area contributed by atoms with Gasteiger partial charge in [-0.3, -0.25) is 9.59 Å². The van der Waals surface area contributed by atoms with Gasteiger partial charge in [-0.15, -0.1) is 11.3 Å². The second-order valence-electron chi connectivity index (χ2n) is 6.61. The fourth-order valence-electron chi connectivity index (χ4n) is 3.40. The van der Waals surface area contributed by atoms with E-state index in [9.17, 15) is 14.7 Å². The molecule has 146 valence electrons. The van der Waals surface area contributed by atoms with Gasteiger partial charge < -0.3 is 25.3 Å². The predicted octanol–water partition coefficient (Wildman–Crippen LogP) is 1.84. The number of fused-ring (bicyclic) bond motifs is 2. The summed E-state index contributed by atoms with van der Waals surface area (Å²) in [6.45, 7) is 1.08. The van der Waals surface area contributed by atoms with Crippen LogP contribution in [0.15, 0.2) is 28.1 Å². The van der Waals surface area contributed by atoms with Gasteiger partial charge in [0, 0.05) is 5.39 Å². The maximum absolute atomic E-state index is 12.7. The second kappa shape index (κ2) is 7.25. The van der Waals surface area contributed by atoms with Crippen molar-refractivity contribution in [3.8, 4) is 5.75 Å². The van der Waals surface area contributed by atoms with Gasteiger partial charge in [0.1, 0.15) is 29.2 Å². The Morgan fingerprint density at radius 2 is 2.32 bits per heavy atom. The normalized spacial score (nSPS) is 16.7. The highest BCUT2D eigenvalue weighted by Crippen LogP contribution is 2.38. The molecule has 1 unspecified atom stereocenters. The third kappa shape index (κ3) is 3.23. The molecule has 0 saturated heterocycles. The lowest BCUT2D eigenvalue weighted by Gasteiger charge is -2.14. The first-order valence-electron chi connectivity index (χ1n) is 8.81. The van der Waals surface area contributed by atoms with Crippen LogP contribution < -0.4 is 15.8 Å². The number of furan rings is 1. The maximum atomic E-state index is 12.7. The van der Waals surface area contributed by atoms with Crippen molar-refractivity contribution in [2.45, 2.75) is 31.9 Å². The number of hydrogen-bond acceptors (Lipinski definition) is 7. The topological polar surface area (TPSA) is 128 Å². The number of carbonyl (C=O) groups is 2. The Balaban J connectivity index is 1.63. The summed E-state index contributed by atoms with van der Waals surface area (Å²) < 4.78 is 11.8. The average molecular weight is 401 g/mol. The van der Waals surface area contributed by atoms with Crippen molar-refractivity contribution in [1.29, 1.82) is 0 Å². The van der Waals surface area contributed by atoms with Crippen molar-refractivity contribution < 1.29 is 23.8 Å². The highest BCUT2D eigenvalue weighted by Gasteiger charge is 2.28. The Labute approximate surface area is 164 Å². The SMILES string of the molecule is Cc1oc2ccc(OC3CCc4ncsc43)cc2c1C(=O)N[C@@H](CO)C(N)=O. The van der Waals surface area contributed by atoms with Gasteiger partial charge >= 0.3 is 0 Å². The number of nitrogens with one attached hydrogen (secondary N) is 1. The monoisotopic (exact) mass is 401 g/mol. The van der Waals surface area contributed by atoms with Crippen LogP contribution in [0.3, 0.4) is 0 Å². The van der Waals surface area contributed by atoms with Gasteiger partial charge in [0.15, 0.2) is 0 Å². The Hall–Kier alpha value is -2.91. The number of nitrogens with zero attached hydrogens (tertiary/aromatic N) is 1. The molecular formula is C19H19N3O5S. The summed E-state index contributed by atoms with van der Waals surface area (Å²) in [6.07, 6.45) is 1.69. The van der Waals surface area contributed by atoms with Crippen molar-refractivity contribution in [3.05, 3.63) is 45.6 Å². The van der Waals surface area contributed by atoms with Gasteiger partial charge in [-0.1, -0.05) is 0 Å². The van der Waals surface area contributed by atoms with E-state index >= 15 is 0 Å². The maximum Gasteiger partial charge on any atom is 0.256 e. The van der Waals surface area contributed by atoms with Crippen LogP contribution in [0.1, 0.15) is 39.2 Å². The molecule has 9 heteroatoms. The van der Waals surface area contributed by atoms with E-state index in [0.29, 0.717) is 22.5 Å². The number of aromatic nitrogens is 1. The predicted molar refractivity (Wildman–Crippen MR) is 102 cm³/mol. The third-order valence-corrected chi connectivity index (χ3v) is 5.74. The van der Waals surface area contributed by atoms with Crippen molar-refractivity contribution in [2.75, 3.05) is 6.61 Å². The molecule has 0 fully saturated rings. The van der Waals surface area contributed by atoms with Gasteiger partial charge in [-0.05, 0) is 38.0 Å². The van der Waals surface area contributed by atoms with Crippen LogP contribution in [-0.4, -0.2) is 34.6 Å². The molecule has 4 rings (SSSR count). The number of primary amides is 1. The van der Waals surface area contributed by atoms with E-state index in [-0.39, 0.29) is 11.7 Å². The van der Waals surface area contributed by atoms with E-state index in [0.717, 1.165) is 23.4 Å². The molecule has 1 aromatic carbocycles. The molecule has 8 nitrogen and oxygen atoms in total. The molecule has 28 heavy (non-hydrogen) atoms. The number of aliphatic hydroxyl groups is 1. The fourth-order valence-corrected chi connectivity index (χ4v) is 4.30. The van der Waals surface area contributed by atoms with E-state index < -0.39 is 24.5 Å². The zero-order valence-electron chi connectivity index (χ0n) is 15.1. The summed E-state index contributed by atoms with van der Waals surface area (Å²) in [6, 6.07) is 4.12. The van der Waals surface area contributed by atoms with Crippen LogP contribution in [-0.2, 0) is 11.2 Å². The molecule has 0 bridgehead atoms. The largest absolute Gasteiger partial charge is 0.485 e. The fraction of sp³-hybridized carbons (Fsp3) is 0.316. The number of amides is 2. The summed E-state index contributed by atoms with van der Waals surface area (Å²) in [4.78, 5) is 29.4. The van der Waals surface area contributed by atoms with E-state index in [1.807, 2.05) is 5.51 Å². The van der Waals surface area contributed by atoms with Crippen LogP contribution >= 0.6 is 11.3 Å². The summed E-state index contributed by atoms with van der Waals surface area (Å²) in [5, 5.41) is 12.2. The minimum absolute atomic E-state index is 0.0566. The minimum Gasteiger partial charge on any atom is -0.485 e. The van der Waals surface area contributed by atoms with Gasteiger partial charge in [-0.25, -0.2) is 4.98 Å². The molecule has 0 radical (unpaired) electrons. The quantitative estimate of drug-likeness (QED) is 0.578. The first-order valence-corrected chi connectivity index (χ1v) is 9.69. The van der Waals surface area contributed by atoms with Crippen molar-refractivity contribution in [3.63, 3.8) is 0 Å². The van der Waals surface area contributed by atoms with Crippen LogP contribution in [0, 0.1) is 6.92 Å². The molecular weight excluding hydrogens is 382 g/mol. The number of hydrogen-bond donors (Lipinski definition) is 3. The van der Waals surface area contributed by atoms with E-state index in [2.05, 4.69) is 10.3 Å². The van der Waals surface area contributed by atoms with Crippen LogP contribution in [0.4, 0.5) is 0 Å². The summed E-state index contributed by atoms with van der Waals surface area (Å²) in [5.74, 6) is -0.345. The zero-order chi connectivity index (χ0) is 19.8. The van der Waals surface area contributed by atoms with Crippen molar-refractivity contribution in [1.82, 2.24) is 10.3 Å². The molecule has 1 aliphatic carbocycles. The molecule has 0 spiro atoms. The lowest BCUT2D eigenvalue weighted by atomic mass is 10.1. The van der Waals surface area contributed by atoms with Gasteiger partial charge in [-0.2, -0.15) is 0 Å². The first kappa shape index (κ1) is 18.5. The molecule has 2 aromatic heterocycles. The molecule has 2 atom stereocenters. The molecule has 0 aliphatic heterocycles. The Kier molecular flexibility index (Phi) is 4.78. The van der Waals surface area contributed by atoms with Crippen molar-refractivity contribution in [2.24, 2.45) is 5.73 Å². The summed E-state index contributed by atoms with van der Waals surface area (Å²) >= 11 is 1.58. The Morgan fingerprint density at radius 1 is 1.50 bits per heavy atom. The van der Waals surface area contributed by atoms with Crippen LogP contribution in [0.5, 0.6) is 5.75 Å². The number of benzene rings is 1. The lowest BCUT2D eigenvalue weighted by molar-refractivity contribution is -0.120. The smallest absolute Gasteiger partial charge is 0.256 e. The highest BCUT2D eigenvalue weighted by atomic mass is 32.1. The average Bonchev–Trinajstić information content (AvgIpc) is 3.34. The van der Waals surface area contributed by atoms with E-state index in [4.69, 9.17) is 14.9 Å². The molecule has 4 N–H and O–H groups in total. The third-order valence-electron chi connectivity index (χ3n) is 4.78. The summed E-state index contributed by atoms with van der Waals surface area (Å²) in [5.41, 5.74) is 8.90. The number of aliphatic hydroxyl groups excluding tert-OH is 1. The Bertz CT molecular complexity index is 1060. The lowest BCUT2D eigenvalue weighted by Crippen LogP contribution is -2.46. The molecule has 1 aliphatic rings. The highest BCUT2D eigenvalue weighted by molar-refractivity contribution is 7.09. The number of rotatable bonds is 6. The number of carbonyl (C=O) groups excluding carboxylic acids is 2. The van der Waals surface area contributed by atoms with Gasteiger partial charge in [0.25, 0.3) is 5.91 Å². The number of aryl methyl sites for hydroxylation is 2. The van der Waals surface area contributed by atoms with Crippen LogP contribution in [0.25, 0.3) is 11.0 Å². The zero-order valence-corrected chi connectivity index (χ0v) is 15.9. The second-order valence-corrected chi connectivity index (χ2v) is 7.50. The minimum atomic E-state index is -1.17. The number of ether oxygens (including phenoxy) is 1. The van der Waals surface area contributed by atoms with E-state index in [1.165, 1.54) is 0 Å². The molecule has 2 amide bonds. The standard InChI is InChI=1S/C19H19N3O5S/c1-9-16(19(25)22-13(7-23)18(20)24)11-6-10(2-4-14(11)26-9)27-15-5-3-12-17(15)28-8-21-12/h2,4,6,8,13,15,23H,3,5,7H2,1H3,(H2,20,24)(H,22,25)/t13-,15?/m0/s1. The Morgan fingerprint density at radius 3 is 3.07 bits per heavy atom. The molecule has 2 heterocycles. The molecule has 0 saturated carbocycles. The van der Waals surface area contributed by atoms with Crippen LogP contribution in [0.2, 0.25) is 0 Å². The summed E-state index contributed by atoms with van der Waals surface area (Å²) in [7, 11) is 0. The van der Waals surface area contributed by atoms with E-state index in [1.54, 1.807) is 36.5 Å². The van der Waals surface area contributed by atoms with Gasteiger partial charge in [0.2, 0.25) is 5.91 Å². The first-order chi connectivity index (χ1) is 13.5.